The third-order valence-electron chi connectivity index (χ3n) is 3.00. The molecule has 1 fully saturated rings. The molecule has 0 N–H and O–H groups in total. The van der Waals surface area contributed by atoms with E-state index in [9.17, 15) is 4.79 Å². The predicted octanol–water partition coefficient (Wildman–Crippen LogP) is 2.29. The van der Waals surface area contributed by atoms with Gasteiger partial charge < -0.3 is 9.80 Å². The molecular weight excluding hydrogens is 232 g/mol. The van der Waals surface area contributed by atoms with Crippen molar-refractivity contribution in [2.24, 2.45) is 0 Å². The molecule has 1 aliphatic rings. The van der Waals surface area contributed by atoms with Gasteiger partial charge in [0.15, 0.2) is 0 Å². The van der Waals surface area contributed by atoms with E-state index in [1.807, 2.05) is 59.9 Å². The molecule has 4 heteroatoms. The van der Waals surface area contributed by atoms with Crippen molar-refractivity contribution in [1.29, 1.82) is 0 Å². The summed E-state index contributed by atoms with van der Waals surface area (Å²) < 4.78 is 0. The molecule has 1 amide bonds. The van der Waals surface area contributed by atoms with Gasteiger partial charge in [-0.1, -0.05) is 6.07 Å². The summed E-state index contributed by atoms with van der Waals surface area (Å²) in [5.74, 6) is 1.19. The van der Waals surface area contributed by atoms with Crippen molar-refractivity contribution >= 4 is 23.4 Å². The molecule has 1 atom stereocenters. The second kappa shape index (κ2) is 5.00. The lowest BCUT2D eigenvalue weighted by molar-refractivity contribution is 0.0768. The van der Waals surface area contributed by atoms with Gasteiger partial charge in [-0.05, 0) is 25.1 Å². The van der Waals surface area contributed by atoms with Crippen molar-refractivity contribution in [2.75, 3.05) is 31.3 Å². The lowest BCUT2D eigenvalue weighted by Crippen LogP contribution is -2.33. The highest BCUT2D eigenvalue weighted by atomic mass is 32.2. The number of nitrogens with zero attached hydrogens (tertiary/aromatic N) is 2. The monoisotopic (exact) mass is 250 g/mol. The number of anilines is 1. The fourth-order valence-corrected chi connectivity index (χ4v) is 2.97. The van der Waals surface area contributed by atoms with Gasteiger partial charge in [-0.25, -0.2) is 0 Å². The van der Waals surface area contributed by atoms with Gasteiger partial charge in [-0.15, -0.1) is 11.8 Å². The molecule has 1 unspecified atom stereocenters. The first kappa shape index (κ1) is 12.3. The molecule has 0 aliphatic carbocycles. The van der Waals surface area contributed by atoms with Crippen molar-refractivity contribution in [2.45, 2.75) is 12.3 Å². The Balaban J connectivity index is 2.21. The molecule has 92 valence electrons. The van der Waals surface area contributed by atoms with Crippen LogP contribution in [0.5, 0.6) is 0 Å². The molecule has 0 aromatic heterocycles. The summed E-state index contributed by atoms with van der Waals surface area (Å²) in [6.07, 6.45) is 0. The van der Waals surface area contributed by atoms with Crippen LogP contribution in [-0.4, -0.2) is 42.6 Å². The van der Waals surface area contributed by atoms with E-state index >= 15 is 0 Å². The number of amides is 1. The smallest absolute Gasteiger partial charge is 0.254 e. The molecule has 1 aliphatic heterocycles. The number of carbonyl (C=O) groups is 1. The second-order valence-electron chi connectivity index (χ2n) is 4.41. The average Bonchev–Trinajstić information content (AvgIpc) is 2.74. The van der Waals surface area contributed by atoms with Gasteiger partial charge in [0.05, 0.1) is 5.37 Å². The maximum atomic E-state index is 12.3. The van der Waals surface area contributed by atoms with E-state index in [-0.39, 0.29) is 5.91 Å². The maximum absolute atomic E-state index is 12.3. The van der Waals surface area contributed by atoms with Crippen LogP contribution in [0.25, 0.3) is 0 Å². The van der Waals surface area contributed by atoms with Crippen LogP contribution < -0.4 is 4.90 Å². The molecule has 3 nitrogen and oxygen atoms in total. The van der Waals surface area contributed by atoms with Crippen LogP contribution in [0.3, 0.4) is 0 Å². The van der Waals surface area contributed by atoms with Crippen molar-refractivity contribution in [3.8, 4) is 0 Å². The van der Waals surface area contributed by atoms with Gasteiger partial charge in [0, 0.05) is 37.6 Å². The summed E-state index contributed by atoms with van der Waals surface area (Å²) in [5, 5.41) is 0.297. The molecule has 0 radical (unpaired) electrons. The molecule has 0 saturated carbocycles. The van der Waals surface area contributed by atoms with Gasteiger partial charge in [-0.2, -0.15) is 0 Å². The first-order valence-electron chi connectivity index (χ1n) is 5.79. The number of rotatable bonds is 2. The minimum absolute atomic E-state index is 0.145. The Morgan fingerprint density at radius 1 is 1.47 bits per heavy atom. The topological polar surface area (TPSA) is 23.6 Å². The van der Waals surface area contributed by atoms with Crippen LogP contribution in [0.15, 0.2) is 24.3 Å². The highest BCUT2D eigenvalue weighted by Crippen LogP contribution is 2.25. The number of hydrogen-bond donors (Lipinski definition) is 0. The third-order valence-corrected chi connectivity index (χ3v) is 4.16. The van der Waals surface area contributed by atoms with Gasteiger partial charge in [-0.3, -0.25) is 4.79 Å². The summed E-state index contributed by atoms with van der Waals surface area (Å²) >= 11 is 1.83. The second-order valence-corrected chi connectivity index (χ2v) is 5.84. The number of carbonyl (C=O) groups excluding carboxylic acids is 1. The first-order chi connectivity index (χ1) is 8.09. The predicted molar refractivity (Wildman–Crippen MR) is 73.7 cm³/mol. The highest BCUT2D eigenvalue weighted by Gasteiger charge is 2.26. The summed E-state index contributed by atoms with van der Waals surface area (Å²) in [4.78, 5) is 16.3. The van der Waals surface area contributed by atoms with Crippen LogP contribution in [0.4, 0.5) is 5.69 Å². The van der Waals surface area contributed by atoms with Crippen LogP contribution in [0.2, 0.25) is 0 Å². The molecule has 17 heavy (non-hydrogen) atoms. The van der Waals surface area contributed by atoms with E-state index in [0.29, 0.717) is 5.37 Å². The summed E-state index contributed by atoms with van der Waals surface area (Å²) in [6.45, 7) is 2.95. The highest BCUT2D eigenvalue weighted by molar-refractivity contribution is 8.00. The molecule has 0 bridgehead atoms. The molecule has 2 rings (SSSR count). The van der Waals surface area contributed by atoms with E-state index in [0.717, 1.165) is 23.5 Å². The molecule has 0 spiro atoms. The van der Waals surface area contributed by atoms with E-state index in [1.54, 1.807) is 0 Å². The summed E-state index contributed by atoms with van der Waals surface area (Å²) in [5.41, 5.74) is 1.85. The molecule has 1 saturated heterocycles. The standard InChI is InChI=1S/C13H18N2OS/c1-10-15(7-8-17-10)13(16)11-5-4-6-12(9-11)14(2)3/h4-6,9-10H,7-8H2,1-3H3. The van der Waals surface area contributed by atoms with E-state index in [4.69, 9.17) is 0 Å². The van der Waals surface area contributed by atoms with Gasteiger partial charge in [0.25, 0.3) is 5.91 Å². The zero-order valence-electron chi connectivity index (χ0n) is 10.5. The lowest BCUT2D eigenvalue weighted by Gasteiger charge is -2.21. The minimum Gasteiger partial charge on any atom is -0.378 e. The summed E-state index contributed by atoms with van der Waals surface area (Å²) in [6, 6.07) is 7.80. The normalized spacial score (nSPS) is 19.5. The van der Waals surface area contributed by atoms with E-state index < -0.39 is 0 Å². The Morgan fingerprint density at radius 2 is 2.24 bits per heavy atom. The first-order valence-corrected chi connectivity index (χ1v) is 6.84. The molecule has 1 aromatic carbocycles. The van der Waals surface area contributed by atoms with Crippen molar-refractivity contribution < 1.29 is 4.79 Å². The fourth-order valence-electron chi connectivity index (χ4n) is 1.94. The van der Waals surface area contributed by atoms with E-state index in [1.165, 1.54) is 0 Å². The third kappa shape index (κ3) is 2.57. The zero-order valence-corrected chi connectivity index (χ0v) is 11.3. The van der Waals surface area contributed by atoms with Gasteiger partial charge in [0.1, 0.15) is 0 Å². The minimum atomic E-state index is 0.145. The van der Waals surface area contributed by atoms with E-state index in [2.05, 4.69) is 6.92 Å². The van der Waals surface area contributed by atoms with Crippen molar-refractivity contribution in [3.63, 3.8) is 0 Å². The Morgan fingerprint density at radius 3 is 2.82 bits per heavy atom. The van der Waals surface area contributed by atoms with Crippen LogP contribution in [0.1, 0.15) is 17.3 Å². The van der Waals surface area contributed by atoms with Crippen LogP contribution in [-0.2, 0) is 0 Å². The zero-order chi connectivity index (χ0) is 12.4. The largest absolute Gasteiger partial charge is 0.378 e. The number of hydrogen-bond acceptors (Lipinski definition) is 3. The van der Waals surface area contributed by atoms with Gasteiger partial charge in [0.2, 0.25) is 0 Å². The number of benzene rings is 1. The SMILES string of the molecule is CC1SCCN1C(=O)c1cccc(N(C)C)c1. The lowest BCUT2D eigenvalue weighted by atomic mass is 10.1. The van der Waals surface area contributed by atoms with Gasteiger partial charge >= 0.3 is 0 Å². The Hall–Kier alpha value is -1.16. The Kier molecular flexibility index (Phi) is 3.62. The van der Waals surface area contributed by atoms with Crippen LogP contribution in [0, 0.1) is 0 Å². The fraction of sp³-hybridized carbons (Fsp3) is 0.462. The maximum Gasteiger partial charge on any atom is 0.254 e. The molecular formula is C13H18N2OS. The average molecular weight is 250 g/mol. The summed E-state index contributed by atoms with van der Waals surface area (Å²) in [7, 11) is 3.97. The Bertz CT molecular complexity index is 420. The quantitative estimate of drug-likeness (QED) is 0.804. The Labute approximate surface area is 107 Å². The van der Waals surface area contributed by atoms with Crippen molar-refractivity contribution in [1.82, 2.24) is 4.90 Å². The molecule has 1 heterocycles. The van der Waals surface area contributed by atoms with Crippen LogP contribution >= 0.6 is 11.8 Å². The van der Waals surface area contributed by atoms with Crippen molar-refractivity contribution in [3.05, 3.63) is 29.8 Å². The molecule has 1 aromatic rings. The number of thioether (sulfide) groups is 1.